The molecule has 1 aromatic heterocycles. The average molecular weight is 426 g/mol. The SMILES string of the molecule is CCc1c(C)sc(NC(=O)C=Cc2ccc(Cl)cc2Cl)c1C(=O)OC(C)C. The summed E-state index contributed by atoms with van der Waals surface area (Å²) in [6.45, 7) is 7.48. The van der Waals surface area contributed by atoms with Crippen molar-refractivity contribution >= 4 is 57.5 Å². The molecule has 1 N–H and O–H groups in total. The second-order valence-electron chi connectivity index (χ2n) is 6.14. The van der Waals surface area contributed by atoms with Crippen LogP contribution in [0, 0.1) is 6.92 Å². The van der Waals surface area contributed by atoms with Gasteiger partial charge in [0.05, 0.1) is 11.7 Å². The lowest BCUT2D eigenvalue weighted by Crippen LogP contribution is -2.16. The van der Waals surface area contributed by atoms with Crippen molar-refractivity contribution in [2.45, 2.75) is 40.2 Å². The molecule has 0 atom stereocenters. The van der Waals surface area contributed by atoms with Gasteiger partial charge in [-0.1, -0.05) is 36.2 Å². The Kier molecular flexibility index (Phi) is 7.48. The number of hydrogen-bond donors (Lipinski definition) is 1. The number of benzene rings is 1. The molecule has 0 spiro atoms. The van der Waals surface area contributed by atoms with Crippen LogP contribution in [-0.4, -0.2) is 18.0 Å². The number of nitrogens with one attached hydrogen (secondary N) is 1. The maximum Gasteiger partial charge on any atom is 0.341 e. The molecule has 0 saturated carbocycles. The fourth-order valence-corrected chi connectivity index (χ4v) is 4.14. The number of anilines is 1. The molecule has 0 saturated heterocycles. The second-order valence-corrected chi connectivity index (χ2v) is 8.21. The van der Waals surface area contributed by atoms with E-state index in [4.69, 9.17) is 27.9 Å². The van der Waals surface area contributed by atoms with Crippen LogP contribution in [0.4, 0.5) is 5.00 Å². The third-order valence-electron chi connectivity index (χ3n) is 3.72. The minimum Gasteiger partial charge on any atom is -0.459 e. The summed E-state index contributed by atoms with van der Waals surface area (Å²) in [7, 11) is 0. The van der Waals surface area contributed by atoms with E-state index in [1.54, 1.807) is 38.1 Å². The van der Waals surface area contributed by atoms with E-state index < -0.39 is 5.97 Å². The third-order valence-corrected chi connectivity index (χ3v) is 5.35. The van der Waals surface area contributed by atoms with Crippen molar-refractivity contribution in [3.8, 4) is 0 Å². The molecule has 0 bridgehead atoms. The number of aryl methyl sites for hydroxylation is 1. The van der Waals surface area contributed by atoms with E-state index in [1.165, 1.54) is 17.4 Å². The lowest BCUT2D eigenvalue weighted by molar-refractivity contribution is -0.111. The Morgan fingerprint density at radius 1 is 1.30 bits per heavy atom. The number of thiophene rings is 1. The van der Waals surface area contributed by atoms with Crippen LogP contribution in [0.25, 0.3) is 6.08 Å². The first-order valence-corrected chi connectivity index (χ1v) is 10.1. The minimum absolute atomic E-state index is 0.238. The van der Waals surface area contributed by atoms with Gasteiger partial charge >= 0.3 is 5.97 Å². The van der Waals surface area contributed by atoms with Gasteiger partial charge in [0.2, 0.25) is 5.91 Å². The lowest BCUT2D eigenvalue weighted by Gasteiger charge is -2.10. The van der Waals surface area contributed by atoms with E-state index in [1.807, 2.05) is 13.8 Å². The number of rotatable bonds is 6. The monoisotopic (exact) mass is 425 g/mol. The molecule has 27 heavy (non-hydrogen) atoms. The van der Waals surface area contributed by atoms with Crippen LogP contribution in [0.1, 0.15) is 47.1 Å². The Morgan fingerprint density at radius 3 is 2.59 bits per heavy atom. The summed E-state index contributed by atoms with van der Waals surface area (Å²) in [6, 6.07) is 5.03. The summed E-state index contributed by atoms with van der Waals surface area (Å²) >= 11 is 13.3. The van der Waals surface area contributed by atoms with Gasteiger partial charge < -0.3 is 10.1 Å². The van der Waals surface area contributed by atoms with Crippen LogP contribution < -0.4 is 5.32 Å². The van der Waals surface area contributed by atoms with Crippen molar-refractivity contribution in [2.75, 3.05) is 5.32 Å². The van der Waals surface area contributed by atoms with Gasteiger partial charge in [0.1, 0.15) is 5.00 Å². The number of carbonyl (C=O) groups excluding carboxylic acids is 2. The molecule has 1 aromatic carbocycles. The molecule has 144 valence electrons. The van der Waals surface area contributed by atoms with Gasteiger partial charge in [0.25, 0.3) is 0 Å². The van der Waals surface area contributed by atoms with Gasteiger partial charge in [-0.05, 0) is 56.5 Å². The summed E-state index contributed by atoms with van der Waals surface area (Å²) in [5.41, 5.74) is 2.00. The highest BCUT2D eigenvalue weighted by Crippen LogP contribution is 2.34. The van der Waals surface area contributed by atoms with Crippen molar-refractivity contribution in [3.05, 3.63) is 55.9 Å². The summed E-state index contributed by atoms with van der Waals surface area (Å²) in [6.07, 6.45) is 3.41. The van der Waals surface area contributed by atoms with Gasteiger partial charge in [-0.25, -0.2) is 4.79 Å². The summed E-state index contributed by atoms with van der Waals surface area (Å²) in [4.78, 5) is 25.8. The van der Waals surface area contributed by atoms with E-state index in [0.29, 0.717) is 32.6 Å². The molecule has 0 fully saturated rings. The van der Waals surface area contributed by atoms with Crippen molar-refractivity contribution < 1.29 is 14.3 Å². The van der Waals surface area contributed by atoms with Crippen molar-refractivity contribution in [3.63, 3.8) is 0 Å². The summed E-state index contributed by atoms with van der Waals surface area (Å²) in [5.74, 6) is -0.783. The molecule has 2 aromatic rings. The Bertz CT molecular complexity index is 888. The zero-order valence-electron chi connectivity index (χ0n) is 15.6. The van der Waals surface area contributed by atoms with Crippen LogP contribution in [-0.2, 0) is 16.0 Å². The van der Waals surface area contributed by atoms with Crippen LogP contribution in [0.3, 0.4) is 0 Å². The molecule has 0 unspecified atom stereocenters. The van der Waals surface area contributed by atoms with Crippen molar-refractivity contribution in [2.24, 2.45) is 0 Å². The molecule has 0 aliphatic carbocycles. The quantitative estimate of drug-likeness (QED) is 0.446. The van der Waals surface area contributed by atoms with E-state index in [2.05, 4.69) is 5.32 Å². The van der Waals surface area contributed by atoms with E-state index in [9.17, 15) is 9.59 Å². The van der Waals surface area contributed by atoms with Gasteiger partial charge in [0, 0.05) is 21.0 Å². The van der Waals surface area contributed by atoms with Gasteiger partial charge in [-0.3, -0.25) is 4.79 Å². The van der Waals surface area contributed by atoms with Gasteiger partial charge in [0.15, 0.2) is 0 Å². The number of halogens is 2. The first-order chi connectivity index (χ1) is 12.7. The van der Waals surface area contributed by atoms with Crippen LogP contribution in [0.2, 0.25) is 10.0 Å². The zero-order valence-corrected chi connectivity index (χ0v) is 17.9. The molecule has 1 heterocycles. The second kappa shape index (κ2) is 9.40. The predicted molar refractivity (Wildman–Crippen MR) is 113 cm³/mol. The highest BCUT2D eigenvalue weighted by atomic mass is 35.5. The van der Waals surface area contributed by atoms with Crippen molar-refractivity contribution in [1.29, 1.82) is 0 Å². The third kappa shape index (κ3) is 5.58. The first kappa shape index (κ1) is 21.5. The molecule has 0 radical (unpaired) electrons. The standard InChI is InChI=1S/C20H21Cl2NO3S/c1-5-15-12(4)27-19(18(15)20(25)26-11(2)3)23-17(24)9-7-13-6-8-14(21)10-16(13)22/h6-11H,5H2,1-4H3,(H,23,24). The maximum atomic E-state index is 12.5. The average Bonchev–Trinajstić information content (AvgIpc) is 2.88. The lowest BCUT2D eigenvalue weighted by atomic mass is 10.1. The molecular weight excluding hydrogens is 405 g/mol. The topological polar surface area (TPSA) is 55.4 Å². The Morgan fingerprint density at radius 2 is 2.00 bits per heavy atom. The van der Waals surface area contributed by atoms with E-state index in [-0.39, 0.29) is 12.0 Å². The van der Waals surface area contributed by atoms with Crippen LogP contribution >= 0.6 is 34.5 Å². The highest BCUT2D eigenvalue weighted by Gasteiger charge is 2.23. The molecule has 2 rings (SSSR count). The largest absolute Gasteiger partial charge is 0.459 e. The molecule has 1 amide bonds. The summed E-state index contributed by atoms with van der Waals surface area (Å²) < 4.78 is 5.34. The smallest absolute Gasteiger partial charge is 0.341 e. The van der Waals surface area contributed by atoms with E-state index in [0.717, 1.165) is 10.4 Å². The van der Waals surface area contributed by atoms with Crippen molar-refractivity contribution in [1.82, 2.24) is 0 Å². The fraction of sp³-hybridized carbons (Fsp3) is 0.300. The molecule has 0 aliphatic rings. The highest BCUT2D eigenvalue weighted by molar-refractivity contribution is 7.16. The Hall–Kier alpha value is -1.82. The number of carbonyl (C=O) groups is 2. The number of amides is 1. The maximum absolute atomic E-state index is 12.5. The number of esters is 1. The molecule has 4 nitrogen and oxygen atoms in total. The minimum atomic E-state index is -0.425. The number of ether oxygens (including phenoxy) is 1. The Labute approximate surface area is 173 Å². The fourth-order valence-electron chi connectivity index (χ4n) is 2.54. The molecule has 0 aliphatic heterocycles. The molecule has 7 heteroatoms. The summed E-state index contributed by atoms with van der Waals surface area (Å²) in [5, 5.41) is 4.25. The predicted octanol–water partition coefficient (Wildman–Crippen LogP) is 6.14. The van der Waals surface area contributed by atoms with Gasteiger partial charge in [-0.15, -0.1) is 11.3 Å². The first-order valence-electron chi connectivity index (χ1n) is 8.50. The number of hydrogen-bond acceptors (Lipinski definition) is 4. The van der Waals surface area contributed by atoms with Crippen LogP contribution in [0.15, 0.2) is 24.3 Å². The van der Waals surface area contributed by atoms with E-state index >= 15 is 0 Å². The zero-order chi connectivity index (χ0) is 20.1. The van der Waals surface area contributed by atoms with Crippen LogP contribution in [0.5, 0.6) is 0 Å². The molecular formula is C20H21Cl2NO3S. The Balaban J connectivity index is 2.24. The normalized spacial score (nSPS) is 11.2. The van der Waals surface area contributed by atoms with Gasteiger partial charge in [-0.2, -0.15) is 0 Å².